The van der Waals surface area contributed by atoms with E-state index < -0.39 is 0 Å². The molecule has 2 N–H and O–H groups in total. The summed E-state index contributed by atoms with van der Waals surface area (Å²) < 4.78 is 0. The lowest BCUT2D eigenvalue weighted by atomic mass is 10.3. The fourth-order valence-electron chi connectivity index (χ4n) is 1.03. The van der Waals surface area contributed by atoms with Crippen LogP contribution in [0.5, 0.6) is 0 Å². The zero-order valence-corrected chi connectivity index (χ0v) is 5.62. The maximum atomic E-state index is 10.9. The third kappa shape index (κ3) is 1.16. The fourth-order valence-corrected chi connectivity index (χ4v) is 1.03. The van der Waals surface area contributed by atoms with Gasteiger partial charge in [0.2, 0.25) is 5.91 Å². The second-order valence-electron chi connectivity index (χ2n) is 2.35. The van der Waals surface area contributed by atoms with E-state index >= 15 is 0 Å². The first-order valence-electron chi connectivity index (χ1n) is 3.23. The topological polar surface area (TPSA) is 63.4 Å². The molecular weight excluding hydrogens is 132 g/mol. The molecule has 10 heavy (non-hydrogen) atoms. The summed E-state index contributed by atoms with van der Waals surface area (Å²) in [7, 11) is 0. The van der Waals surface area contributed by atoms with Crippen molar-refractivity contribution in [1.82, 2.24) is 4.90 Å². The van der Waals surface area contributed by atoms with Gasteiger partial charge >= 0.3 is 0 Å². The number of amides is 1. The monoisotopic (exact) mass is 142 g/mol. The highest BCUT2D eigenvalue weighted by Crippen LogP contribution is 2.06. The van der Waals surface area contributed by atoms with Crippen molar-refractivity contribution in [2.45, 2.75) is 12.5 Å². The summed E-state index contributed by atoms with van der Waals surface area (Å²) in [4.78, 5) is 22.4. The van der Waals surface area contributed by atoms with Gasteiger partial charge in [0, 0.05) is 6.54 Å². The summed E-state index contributed by atoms with van der Waals surface area (Å²) in [6.45, 7) is 0.811. The SMILES string of the molecule is NC1CCN(CC=O)C1=O. The summed E-state index contributed by atoms with van der Waals surface area (Å²) in [5.41, 5.74) is 5.39. The molecule has 56 valence electrons. The molecule has 1 heterocycles. The van der Waals surface area contributed by atoms with Crippen molar-refractivity contribution in [2.24, 2.45) is 5.73 Å². The Hall–Kier alpha value is -0.900. The van der Waals surface area contributed by atoms with Gasteiger partial charge in [-0.3, -0.25) is 4.79 Å². The molecule has 0 aromatic rings. The molecule has 0 radical (unpaired) electrons. The zero-order chi connectivity index (χ0) is 7.56. The summed E-state index contributed by atoms with van der Waals surface area (Å²) in [5, 5.41) is 0. The molecule has 4 heteroatoms. The van der Waals surface area contributed by atoms with Crippen molar-refractivity contribution in [3.05, 3.63) is 0 Å². The van der Waals surface area contributed by atoms with Crippen LogP contribution in [0, 0.1) is 0 Å². The Kier molecular flexibility index (Phi) is 2.01. The van der Waals surface area contributed by atoms with Gasteiger partial charge in [-0.1, -0.05) is 0 Å². The van der Waals surface area contributed by atoms with Crippen LogP contribution in [0.25, 0.3) is 0 Å². The van der Waals surface area contributed by atoms with Crippen molar-refractivity contribution in [3.8, 4) is 0 Å². The van der Waals surface area contributed by atoms with Gasteiger partial charge in [-0.2, -0.15) is 0 Å². The van der Waals surface area contributed by atoms with E-state index in [0.29, 0.717) is 13.0 Å². The number of carbonyl (C=O) groups is 2. The number of likely N-dealkylation sites (tertiary alicyclic amines) is 1. The van der Waals surface area contributed by atoms with Crippen molar-refractivity contribution in [3.63, 3.8) is 0 Å². The number of rotatable bonds is 2. The molecule has 0 bridgehead atoms. The Labute approximate surface area is 59.0 Å². The lowest BCUT2D eigenvalue weighted by Crippen LogP contribution is -2.34. The largest absolute Gasteiger partial charge is 0.334 e. The smallest absolute Gasteiger partial charge is 0.239 e. The first-order chi connectivity index (χ1) is 4.75. The molecule has 1 fully saturated rings. The molecule has 1 unspecified atom stereocenters. The minimum absolute atomic E-state index is 0.105. The van der Waals surface area contributed by atoms with Crippen molar-refractivity contribution in [2.75, 3.05) is 13.1 Å². The molecule has 0 aliphatic carbocycles. The van der Waals surface area contributed by atoms with Crippen LogP contribution < -0.4 is 5.73 Å². The van der Waals surface area contributed by atoms with E-state index in [1.807, 2.05) is 0 Å². The third-order valence-corrected chi connectivity index (χ3v) is 1.63. The van der Waals surface area contributed by atoms with E-state index in [-0.39, 0.29) is 18.5 Å². The van der Waals surface area contributed by atoms with Crippen LogP contribution in [0.2, 0.25) is 0 Å². The lowest BCUT2D eigenvalue weighted by Gasteiger charge is -2.10. The molecule has 0 aromatic heterocycles. The summed E-state index contributed by atoms with van der Waals surface area (Å²) in [6, 6.07) is -0.375. The predicted molar refractivity (Wildman–Crippen MR) is 35.2 cm³/mol. The standard InChI is InChI=1S/C6H10N2O2/c7-5-1-2-8(3-4-9)6(5)10/h4-5H,1-3,7H2. The van der Waals surface area contributed by atoms with Crippen LogP contribution >= 0.6 is 0 Å². The summed E-state index contributed by atoms with van der Waals surface area (Å²) >= 11 is 0. The van der Waals surface area contributed by atoms with Gasteiger partial charge in [-0.25, -0.2) is 0 Å². The Morgan fingerprint density at radius 3 is 2.90 bits per heavy atom. The first kappa shape index (κ1) is 7.21. The number of hydrogen-bond donors (Lipinski definition) is 1. The average molecular weight is 142 g/mol. The highest BCUT2D eigenvalue weighted by molar-refractivity contribution is 5.85. The summed E-state index contributed by atoms with van der Waals surface area (Å²) in [5.74, 6) is -0.105. The third-order valence-electron chi connectivity index (χ3n) is 1.63. The van der Waals surface area contributed by atoms with Crippen molar-refractivity contribution in [1.29, 1.82) is 0 Å². The molecular formula is C6H10N2O2. The molecule has 4 nitrogen and oxygen atoms in total. The molecule has 0 saturated carbocycles. The minimum Gasteiger partial charge on any atom is -0.334 e. The molecule has 1 aliphatic rings. The van der Waals surface area contributed by atoms with Crippen molar-refractivity contribution < 1.29 is 9.59 Å². The second-order valence-corrected chi connectivity index (χ2v) is 2.35. The van der Waals surface area contributed by atoms with Crippen molar-refractivity contribution >= 4 is 12.2 Å². The number of aldehydes is 1. The van der Waals surface area contributed by atoms with Crippen LogP contribution in [-0.2, 0) is 9.59 Å². The average Bonchev–Trinajstić information content (AvgIpc) is 2.20. The van der Waals surface area contributed by atoms with Crippen LogP contribution in [0.1, 0.15) is 6.42 Å². The molecule has 1 rings (SSSR count). The maximum absolute atomic E-state index is 10.9. The number of carbonyl (C=O) groups excluding carboxylic acids is 2. The van der Waals surface area contributed by atoms with Gasteiger partial charge in [0.25, 0.3) is 0 Å². The Morgan fingerprint density at radius 1 is 1.80 bits per heavy atom. The molecule has 1 amide bonds. The van der Waals surface area contributed by atoms with Gasteiger partial charge in [0.05, 0.1) is 12.6 Å². The number of nitrogens with zero attached hydrogens (tertiary/aromatic N) is 1. The van der Waals surface area contributed by atoms with E-state index in [0.717, 1.165) is 6.29 Å². The van der Waals surface area contributed by atoms with Crippen LogP contribution in [0.3, 0.4) is 0 Å². The fraction of sp³-hybridized carbons (Fsp3) is 0.667. The summed E-state index contributed by atoms with van der Waals surface area (Å²) in [6.07, 6.45) is 1.39. The molecule has 0 spiro atoms. The Bertz CT molecular complexity index is 158. The van der Waals surface area contributed by atoms with Gasteiger partial charge in [-0.15, -0.1) is 0 Å². The molecule has 1 aliphatic heterocycles. The normalized spacial score (nSPS) is 25.5. The quantitative estimate of drug-likeness (QED) is 0.490. The van der Waals surface area contributed by atoms with Crippen LogP contribution in [0.15, 0.2) is 0 Å². The number of nitrogens with two attached hydrogens (primary N) is 1. The van der Waals surface area contributed by atoms with Gasteiger partial charge < -0.3 is 15.4 Å². The maximum Gasteiger partial charge on any atom is 0.239 e. The van der Waals surface area contributed by atoms with Gasteiger partial charge in [0.1, 0.15) is 6.29 Å². The highest BCUT2D eigenvalue weighted by atomic mass is 16.2. The minimum atomic E-state index is -0.375. The van der Waals surface area contributed by atoms with E-state index in [1.165, 1.54) is 4.90 Å². The molecule has 1 atom stereocenters. The lowest BCUT2D eigenvalue weighted by molar-refractivity contribution is -0.130. The van der Waals surface area contributed by atoms with E-state index in [2.05, 4.69) is 0 Å². The van der Waals surface area contributed by atoms with E-state index in [1.54, 1.807) is 0 Å². The zero-order valence-electron chi connectivity index (χ0n) is 5.62. The molecule has 0 aromatic carbocycles. The molecule has 1 saturated heterocycles. The Morgan fingerprint density at radius 2 is 2.50 bits per heavy atom. The van der Waals surface area contributed by atoms with E-state index in [9.17, 15) is 9.59 Å². The van der Waals surface area contributed by atoms with E-state index in [4.69, 9.17) is 5.73 Å². The van der Waals surface area contributed by atoms with Gasteiger partial charge in [0.15, 0.2) is 0 Å². The number of hydrogen-bond acceptors (Lipinski definition) is 3. The predicted octanol–water partition coefficient (Wildman–Crippen LogP) is -1.26. The second kappa shape index (κ2) is 2.79. The van der Waals surface area contributed by atoms with Crippen LogP contribution in [0.4, 0.5) is 0 Å². The highest BCUT2D eigenvalue weighted by Gasteiger charge is 2.27. The van der Waals surface area contributed by atoms with Gasteiger partial charge in [-0.05, 0) is 6.42 Å². The van der Waals surface area contributed by atoms with Crippen LogP contribution in [-0.4, -0.2) is 36.2 Å². The Balaban J connectivity index is 2.48. The first-order valence-corrected chi connectivity index (χ1v) is 3.23.